The molecule has 5 heteroatoms. The Morgan fingerprint density at radius 2 is 2.21 bits per heavy atom. The van der Waals surface area contributed by atoms with Gasteiger partial charge in [0.25, 0.3) is 0 Å². The van der Waals surface area contributed by atoms with Gasteiger partial charge in [0.2, 0.25) is 5.91 Å². The standard InChI is InChI=1S/C9H8Cl2FNO/c1-5-2-6(11)8(3-7(5)12)13-9(14)4-10/h2-3H,4H2,1H3,(H,13,14). The Balaban J connectivity index is 2.98. The maximum atomic E-state index is 13.1. The van der Waals surface area contributed by atoms with Gasteiger partial charge >= 0.3 is 0 Å². The molecule has 2 nitrogen and oxygen atoms in total. The monoisotopic (exact) mass is 235 g/mol. The van der Waals surface area contributed by atoms with E-state index >= 15 is 0 Å². The zero-order chi connectivity index (χ0) is 10.7. The lowest BCUT2D eigenvalue weighted by Gasteiger charge is -2.06. The first-order chi connectivity index (χ1) is 6.54. The van der Waals surface area contributed by atoms with Crippen LogP contribution in [-0.2, 0) is 4.79 Å². The van der Waals surface area contributed by atoms with E-state index in [4.69, 9.17) is 23.2 Å². The van der Waals surface area contributed by atoms with Gasteiger partial charge in [-0.15, -0.1) is 11.6 Å². The number of anilines is 1. The van der Waals surface area contributed by atoms with Crippen LogP contribution in [0.1, 0.15) is 5.56 Å². The third kappa shape index (κ3) is 2.59. The van der Waals surface area contributed by atoms with Gasteiger partial charge in [-0.05, 0) is 24.6 Å². The number of hydrogen-bond acceptors (Lipinski definition) is 1. The van der Waals surface area contributed by atoms with E-state index in [2.05, 4.69) is 5.32 Å². The quantitative estimate of drug-likeness (QED) is 0.785. The number of benzene rings is 1. The second kappa shape index (κ2) is 4.62. The van der Waals surface area contributed by atoms with Crippen LogP contribution in [0.5, 0.6) is 0 Å². The van der Waals surface area contributed by atoms with Crippen molar-refractivity contribution in [3.63, 3.8) is 0 Å². The van der Waals surface area contributed by atoms with Crippen LogP contribution in [0.15, 0.2) is 12.1 Å². The SMILES string of the molecule is Cc1cc(Cl)c(NC(=O)CCl)cc1F. The van der Waals surface area contributed by atoms with Crippen LogP contribution < -0.4 is 5.32 Å². The third-order valence-corrected chi connectivity index (χ3v) is 2.20. The first-order valence-electron chi connectivity index (χ1n) is 3.86. The number of nitrogens with one attached hydrogen (secondary N) is 1. The maximum absolute atomic E-state index is 13.1. The molecule has 14 heavy (non-hydrogen) atoms. The van der Waals surface area contributed by atoms with Crippen molar-refractivity contribution < 1.29 is 9.18 Å². The van der Waals surface area contributed by atoms with Gasteiger partial charge in [-0.3, -0.25) is 4.79 Å². The molecule has 0 fully saturated rings. The number of halogens is 3. The Morgan fingerprint density at radius 1 is 1.57 bits per heavy atom. The minimum Gasteiger partial charge on any atom is -0.324 e. The molecule has 0 spiro atoms. The molecule has 0 unspecified atom stereocenters. The van der Waals surface area contributed by atoms with Crippen molar-refractivity contribution in [1.29, 1.82) is 0 Å². The second-order valence-corrected chi connectivity index (χ2v) is 3.44. The molecule has 0 saturated carbocycles. The van der Waals surface area contributed by atoms with Crippen LogP contribution in [0.3, 0.4) is 0 Å². The van der Waals surface area contributed by atoms with E-state index in [0.717, 1.165) is 0 Å². The van der Waals surface area contributed by atoms with Gasteiger partial charge in [0.1, 0.15) is 11.7 Å². The third-order valence-electron chi connectivity index (χ3n) is 1.64. The molecule has 1 aromatic rings. The summed E-state index contributed by atoms with van der Waals surface area (Å²) in [6.45, 7) is 1.59. The molecule has 0 radical (unpaired) electrons. The second-order valence-electron chi connectivity index (χ2n) is 2.76. The van der Waals surface area contributed by atoms with E-state index in [1.54, 1.807) is 6.92 Å². The fourth-order valence-corrected chi connectivity index (χ4v) is 1.26. The number of carbonyl (C=O) groups excluding carboxylic acids is 1. The molecule has 0 saturated heterocycles. The summed E-state index contributed by atoms with van der Waals surface area (Å²) in [5.74, 6) is -1.03. The van der Waals surface area contributed by atoms with E-state index in [1.807, 2.05) is 0 Å². The first-order valence-corrected chi connectivity index (χ1v) is 4.77. The average molecular weight is 236 g/mol. The first kappa shape index (κ1) is 11.3. The molecular weight excluding hydrogens is 228 g/mol. The van der Waals surface area contributed by atoms with E-state index in [0.29, 0.717) is 10.6 Å². The highest BCUT2D eigenvalue weighted by Gasteiger charge is 2.08. The van der Waals surface area contributed by atoms with Crippen molar-refractivity contribution in [2.75, 3.05) is 11.2 Å². The molecule has 0 aromatic heterocycles. The number of carbonyl (C=O) groups is 1. The predicted molar refractivity (Wildman–Crippen MR) is 55.5 cm³/mol. The summed E-state index contributed by atoms with van der Waals surface area (Å²) in [6.07, 6.45) is 0. The van der Waals surface area contributed by atoms with Crippen molar-refractivity contribution in [1.82, 2.24) is 0 Å². The van der Waals surface area contributed by atoms with Crippen LogP contribution in [-0.4, -0.2) is 11.8 Å². The van der Waals surface area contributed by atoms with Crippen molar-refractivity contribution in [2.24, 2.45) is 0 Å². The predicted octanol–water partition coefficient (Wildman–Crippen LogP) is 2.96. The average Bonchev–Trinajstić information content (AvgIpc) is 2.14. The molecule has 0 aliphatic heterocycles. The van der Waals surface area contributed by atoms with E-state index in [9.17, 15) is 9.18 Å². The normalized spacial score (nSPS) is 10.0. The summed E-state index contributed by atoms with van der Waals surface area (Å²) in [7, 11) is 0. The van der Waals surface area contributed by atoms with Crippen LogP contribution in [0.25, 0.3) is 0 Å². The fourth-order valence-electron chi connectivity index (χ4n) is 0.926. The lowest BCUT2D eigenvalue weighted by Crippen LogP contribution is -2.13. The number of amides is 1. The number of hydrogen-bond donors (Lipinski definition) is 1. The molecule has 1 aromatic carbocycles. The fraction of sp³-hybridized carbons (Fsp3) is 0.222. The van der Waals surface area contributed by atoms with Gasteiger partial charge in [-0.25, -0.2) is 4.39 Å². The highest BCUT2D eigenvalue weighted by molar-refractivity contribution is 6.34. The molecule has 0 bridgehead atoms. The summed E-state index contributed by atoms with van der Waals surface area (Å²) in [5.41, 5.74) is 0.666. The summed E-state index contributed by atoms with van der Waals surface area (Å²) in [5, 5.41) is 2.68. The lowest BCUT2D eigenvalue weighted by atomic mass is 10.2. The Hall–Kier alpha value is -0.800. The van der Waals surface area contributed by atoms with E-state index < -0.39 is 11.7 Å². The van der Waals surface area contributed by atoms with Gasteiger partial charge in [-0.2, -0.15) is 0 Å². The van der Waals surface area contributed by atoms with Gasteiger partial charge < -0.3 is 5.32 Å². The molecule has 1 amide bonds. The van der Waals surface area contributed by atoms with Crippen molar-refractivity contribution >= 4 is 34.8 Å². The Kier molecular flexibility index (Phi) is 3.72. The Labute approximate surface area is 91.0 Å². The summed E-state index contributed by atoms with van der Waals surface area (Å²) < 4.78 is 13.1. The highest BCUT2D eigenvalue weighted by atomic mass is 35.5. The zero-order valence-corrected chi connectivity index (χ0v) is 8.92. The van der Waals surface area contributed by atoms with Gasteiger partial charge in [-0.1, -0.05) is 11.6 Å². The highest BCUT2D eigenvalue weighted by Crippen LogP contribution is 2.24. The van der Waals surface area contributed by atoms with Crippen LogP contribution >= 0.6 is 23.2 Å². The van der Waals surface area contributed by atoms with Crippen molar-refractivity contribution in [3.05, 3.63) is 28.5 Å². The van der Waals surface area contributed by atoms with E-state index in [-0.39, 0.29) is 11.6 Å². The Bertz CT molecular complexity index is 368. The molecule has 76 valence electrons. The maximum Gasteiger partial charge on any atom is 0.239 e. The molecule has 0 atom stereocenters. The summed E-state index contributed by atoms with van der Waals surface area (Å²) >= 11 is 11.1. The van der Waals surface area contributed by atoms with Crippen molar-refractivity contribution in [2.45, 2.75) is 6.92 Å². The molecule has 0 aliphatic rings. The smallest absolute Gasteiger partial charge is 0.239 e. The number of aryl methyl sites for hydroxylation is 1. The zero-order valence-electron chi connectivity index (χ0n) is 7.40. The molecule has 1 rings (SSSR count). The molecule has 0 heterocycles. The lowest BCUT2D eigenvalue weighted by molar-refractivity contribution is -0.113. The van der Waals surface area contributed by atoms with E-state index in [1.165, 1.54) is 12.1 Å². The minimum atomic E-state index is -0.420. The van der Waals surface area contributed by atoms with Gasteiger partial charge in [0.15, 0.2) is 0 Å². The minimum absolute atomic E-state index is 0.189. The Morgan fingerprint density at radius 3 is 2.79 bits per heavy atom. The molecule has 1 N–H and O–H groups in total. The topological polar surface area (TPSA) is 29.1 Å². The van der Waals surface area contributed by atoms with Crippen molar-refractivity contribution in [3.8, 4) is 0 Å². The van der Waals surface area contributed by atoms with Crippen LogP contribution in [0.2, 0.25) is 5.02 Å². The molecular formula is C9H8Cl2FNO. The largest absolute Gasteiger partial charge is 0.324 e. The molecule has 0 aliphatic carbocycles. The number of rotatable bonds is 2. The summed E-state index contributed by atoms with van der Waals surface area (Å²) in [4.78, 5) is 10.9. The number of alkyl halides is 1. The van der Waals surface area contributed by atoms with Crippen LogP contribution in [0, 0.1) is 12.7 Å². The summed E-state index contributed by atoms with van der Waals surface area (Å²) in [6, 6.07) is 2.61. The van der Waals surface area contributed by atoms with Gasteiger partial charge in [0, 0.05) is 0 Å². The van der Waals surface area contributed by atoms with Crippen LogP contribution in [0.4, 0.5) is 10.1 Å². The van der Waals surface area contributed by atoms with Gasteiger partial charge in [0.05, 0.1) is 10.7 Å².